The van der Waals surface area contributed by atoms with E-state index >= 15 is 0 Å². The molecule has 0 amide bonds. The van der Waals surface area contributed by atoms with Crippen LogP contribution in [0.25, 0.3) is 83.1 Å². The predicted molar refractivity (Wildman–Crippen MR) is 193 cm³/mol. The molecule has 0 fully saturated rings. The standard InChI is InChI=1S/C42H27N5/c1-2-15-29(16-3-1)45-37-22-9-8-20-34(37)36-27-30(25-26-40(36)45)46-41(35-21-12-14-28-13-4-5-17-31(28)35)43-44-42(46)47-38-23-10-6-18-32(38)33-19-7-11-24-39(33)47/h1-27H. The van der Waals surface area contributed by atoms with Crippen LogP contribution >= 0.6 is 0 Å². The van der Waals surface area contributed by atoms with E-state index in [-0.39, 0.29) is 0 Å². The highest BCUT2D eigenvalue weighted by Crippen LogP contribution is 2.38. The maximum absolute atomic E-state index is 4.98. The molecule has 10 aromatic rings. The van der Waals surface area contributed by atoms with E-state index in [9.17, 15) is 0 Å². The van der Waals surface area contributed by atoms with Crippen LogP contribution in [0.4, 0.5) is 0 Å². The topological polar surface area (TPSA) is 40.6 Å². The molecule has 0 aliphatic heterocycles. The van der Waals surface area contributed by atoms with Gasteiger partial charge < -0.3 is 4.57 Å². The van der Waals surface area contributed by atoms with Gasteiger partial charge in [-0.25, -0.2) is 0 Å². The van der Waals surface area contributed by atoms with Gasteiger partial charge in [0, 0.05) is 32.8 Å². The SMILES string of the molecule is c1ccc(-n2c3ccccc3c3cc(-n4c(-c5cccc6ccccc56)nnc4-n4c5ccccc5c5ccccc54)ccc32)cc1. The van der Waals surface area contributed by atoms with E-state index < -0.39 is 0 Å². The van der Waals surface area contributed by atoms with Crippen LogP contribution in [-0.2, 0) is 0 Å². The fraction of sp³-hybridized carbons (Fsp3) is 0. The van der Waals surface area contributed by atoms with E-state index in [2.05, 4.69) is 177 Å². The molecule has 0 saturated carbocycles. The minimum absolute atomic E-state index is 0.747. The van der Waals surface area contributed by atoms with E-state index in [1.165, 1.54) is 32.4 Å². The molecule has 0 unspecified atom stereocenters. The van der Waals surface area contributed by atoms with Crippen LogP contribution < -0.4 is 0 Å². The van der Waals surface area contributed by atoms with Crippen molar-refractivity contribution in [2.75, 3.05) is 0 Å². The quantitative estimate of drug-likeness (QED) is 0.201. The molecule has 0 saturated heterocycles. The van der Waals surface area contributed by atoms with Gasteiger partial charge in [-0.15, -0.1) is 10.2 Å². The number of hydrogen-bond acceptors (Lipinski definition) is 2. The summed E-state index contributed by atoms with van der Waals surface area (Å²) >= 11 is 0. The summed E-state index contributed by atoms with van der Waals surface area (Å²) in [4.78, 5) is 0. The van der Waals surface area contributed by atoms with Crippen molar-refractivity contribution in [1.29, 1.82) is 0 Å². The lowest BCUT2D eigenvalue weighted by Gasteiger charge is -2.15. The van der Waals surface area contributed by atoms with E-state index in [0.29, 0.717) is 0 Å². The van der Waals surface area contributed by atoms with Crippen LogP contribution in [0.15, 0.2) is 164 Å². The third-order valence-corrected chi connectivity index (χ3v) is 9.39. The summed E-state index contributed by atoms with van der Waals surface area (Å²) in [6.45, 7) is 0. The van der Waals surface area contributed by atoms with Crippen LogP contribution in [0.5, 0.6) is 0 Å². The maximum Gasteiger partial charge on any atom is 0.241 e. The highest BCUT2D eigenvalue weighted by Gasteiger charge is 2.23. The summed E-state index contributed by atoms with van der Waals surface area (Å²) in [6, 6.07) is 57.9. The van der Waals surface area contributed by atoms with Gasteiger partial charge >= 0.3 is 0 Å². The normalized spacial score (nSPS) is 11.8. The largest absolute Gasteiger partial charge is 0.309 e. The van der Waals surface area contributed by atoms with Gasteiger partial charge in [0.15, 0.2) is 5.82 Å². The smallest absolute Gasteiger partial charge is 0.241 e. The van der Waals surface area contributed by atoms with Crippen molar-refractivity contribution in [3.8, 4) is 28.7 Å². The molecule has 10 rings (SSSR count). The molecule has 5 nitrogen and oxygen atoms in total. The van der Waals surface area contributed by atoms with E-state index in [0.717, 1.165) is 50.6 Å². The van der Waals surface area contributed by atoms with Gasteiger partial charge in [-0.2, -0.15) is 0 Å². The Kier molecular flexibility index (Phi) is 5.51. The summed E-state index contributed by atoms with van der Waals surface area (Å²) < 4.78 is 6.83. The zero-order valence-electron chi connectivity index (χ0n) is 25.3. The van der Waals surface area contributed by atoms with Crippen molar-refractivity contribution < 1.29 is 0 Å². The number of para-hydroxylation sites is 4. The Morgan fingerprint density at radius 2 is 0.894 bits per heavy atom. The summed E-state index contributed by atoms with van der Waals surface area (Å²) in [5.41, 5.74) is 7.68. The van der Waals surface area contributed by atoms with Gasteiger partial charge in [0.25, 0.3) is 0 Å². The fourth-order valence-corrected chi connectivity index (χ4v) is 7.35. The summed E-state index contributed by atoms with van der Waals surface area (Å²) in [6.07, 6.45) is 0. The lowest BCUT2D eigenvalue weighted by Crippen LogP contribution is -2.07. The van der Waals surface area contributed by atoms with Crippen LogP contribution in [-0.4, -0.2) is 23.9 Å². The number of aromatic nitrogens is 5. The van der Waals surface area contributed by atoms with E-state index in [1.807, 2.05) is 0 Å². The number of rotatable bonds is 4. The maximum atomic E-state index is 4.98. The molecule has 3 aromatic heterocycles. The van der Waals surface area contributed by atoms with Gasteiger partial charge in [-0.1, -0.05) is 115 Å². The highest BCUT2D eigenvalue weighted by atomic mass is 15.4. The van der Waals surface area contributed by atoms with Gasteiger partial charge in [-0.3, -0.25) is 9.13 Å². The second-order valence-corrected chi connectivity index (χ2v) is 11.9. The molecule has 3 heterocycles. The second kappa shape index (κ2) is 10.0. The Balaban J connectivity index is 1.32. The molecule has 47 heavy (non-hydrogen) atoms. The van der Waals surface area contributed by atoms with Crippen LogP contribution in [0.3, 0.4) is 0 Å². The first-order valence-electron chi connectivity index (χ1n) is 15.9. The van der Waals surface area contributed by atoms with Gasteiger partial charge in [0.1, 0.15) is 0 Å². The third-order valence-electron chi connectivity index (χ3n) is 9.39. The average Bonchev–Trinajstić information content (AvgIpc) is 3.81. The van der Waals surface area contributed by atoms with Gasteiger partial charge in [-0.05, 0) is 59.3 Å². The highest BCUT2D eigenvalue weighted by molar-refractivity contribution is 6.11. The lowest BCUT2D eigenvalue weighted by molar-refractivity contribution is 0.934. The van der Waals surface area contributed by atoms with E-state index in [1.54, 1.807) is 0 Å². The average molecular weight is 602 g/mol. The monoisotopic (exact) mass is 601 g/mol. The number of nitrogens with zero attached hydrogens (tertiary/aromatic N) is 5. The molecule has 7 aromatic carbocycles. The predicted octanol–water partition coefficient (Wildman–Crippen LogP) is 10.3. The molecule has 0 N–H and O–H groups in total. The molecule has 220 valence electrons. The molecule has 0 spiro atoms. The molecular formula is C42H27N5. The number of hydrogen-bond donors (Lipinski definition) is 0. The molecule has 0 bridgehead atoms. The van der Waals surface area contributed by atoms with Gasteiger partial charge in [0.2, 0.25) is 5.95 Å². The van der Waals surface area contributed by atoms with Crippen molar-refractivity contribution >= 4 is 54.4 Å². The molecule has 0 atom stereocenters. The first-order valence-corrected chi connectivity index (χ1v) is 15.9. The van der Waals surface area contributed by atoms with Gasteiger partial charge in [0.05, 0.1) is 27.8 Å². The summed E-state index contributed by atoms with van der Waals surface area (Å²) in [5.74, 6) is 1.54. The second-order valence-electron chi connectivity index (χ2n) is 11.9. The minimum Gasteiger partial charge on any atom is -0.309 e. The number of benzene rings is 7. The van der Waals surface area contributed by atoms with Crippen molar-refractivity contribution in [1.82, 2.24) is 23.9 Å². The van der Waals surface area contributed by atoms with Crippen molar-refractivity contribution in [3.05, 3.63) is 164 Å². The Morgan fingerprint density at radius 1 is 0.340 bits per heavy atom. The van der Waals surface area contributed by atoms with Crippen molar-refractivity contribution in [2.24, 2.45) is 0 Å². The first-order chi connectivity index (χ1) is 23.3. The van der Waals surface area contributed by atoms with Crippen LogP contribution in [0, 0.1) is 0 Å². The van der Waals surface area contributed by atoms with Crippen LogP contribution in [0.1, 0.15) is 0 Å². The fourth-order valence-electron chi connectivity index (χ4n) is 7.35. The Bertz CT molecular complexity index is 2740. The Hall–Kier alpha value is -6.46. The van der Waals surface area contributed by atoms with Crippen molar-refractivity contribution in [2.45, 2.75) is 0 Å². The summed E-state index contributed by atoms with van der Waals surface area (Å²) in [7, 11) is 0. The third kappa shape index (κ3) is 3.77. The first kappa shape index (κ1) is 25.8. The lowest BCUT2D eigenvalue weighted by atomic mass is 10.0. The zero-order chi connectivity index (χ0) is 30.9. The molecule has 0 aliphatic rings. The Labute approximate surface area is 270 Å². The van der Waals surface area contributed by atoms with Crippen molar-refractivity contribution in [3.63, 3.8) is 0 Å². The summed E-state index contributed by atoms with van der Waals surface area (Å²) in [5, 5.41) is 17.0. The van der Waals surface area contributed by atoms with Crippen LogP contribution in [0.2, 0.25) is 0 Å². The molecule has 0 aliphatic carbocycles. The van der Waals surface area contributed by atoms with E-state index in [4.69, 9.17) is 10.2 Å². The zero-order valence-corrected chi connectivity index (χ0v) is 25.3. The number of fused-ring (bicyclic) bond motifs is 7. The molecule has 0 radical (unpaired) electrons. The minimum atomic E-state index is 0.747. The Morgan fingerprint density at radius 3 is 1.62 bits per heavy atom. The molecule has 5 heteroatoms. The molecular weight excluding hydrogens is 574 g/mol.